The quantitative estimate of drug-likeness (QED) is 0.534. The van der Waals surface area contributed by atoms with Crippen LogP contribution in [0.1, 0.15) is 50.6 Å². The van der Waals surface area contributed by atoms with E-state index in [-0.39, 0.29) is 17.9 Å². The first-order valence-corrected chi connectivity index (χ1v) is 11.4. The van der Waals surface area contributed by atoms with E-state index in [0.717, 1.165) is 42.4 Å². The highest BCUT2D eigenvalue weighted by Crippen LogP contribution is 2.31. The summed E-state index contributed by atoms with van der Waals surface area (Å²) in [4.78, 5) is 28.1. The Hall–Kier alpha value is -3.40. The predicted molar refractivity (Wildman–Crippen MR) is 129 cm³/mol. The molecule has 3 aromatic carbocycles. The largest absolute Gasteiger partial charge is 0.351 e. The van der Waals surface area contributed by atoms with Gasteiger partial charge in [0.2, 0.25) is 11.8 Å². The van der Waals surface area contributed by atoms with Crippen LogP contribution in [-0.2, 0) is 9.59 Å². The Morgan fingerprint density at radius 1 is 0.812 bits per heavy atom. The van der Waals surface area contributed by atoms with Crippen molar-refractivity contribution in [1.82, 2.24) is 5.32 Å². The molecule has 4 rings (SSSR count). The molecular weight excluding hydrogens is 396 g/mol. The molecule has 1 saturated carbocycles. The van der Waals surface area contributed by atoms with Gasteiger partial charge in [0.15, 0.2) is 0 Å². The molecule has 0 saturated heterocycles. The average Bonchev–Trinajstić information content (AvgIpc) is 2.84. The van der Waals surface area contributed by atoms with Gasteiger partial charge in [-0.15, -0.1) is 0 Å². The molecule has 4 nitrogen and oxygen atoms in total. The van der Waals surface area contributed by atoms with Crippen molar-refractivity contribution in [2.45, 2.75) is 51.1 Å². The summed E-state index contributed by atoms with van der Waals surface area (Å²) in [6.45, 7) is 1.52. The number of nitrogens with zero attached hydrogens (tertiary/aromatic N) is 1. The third-order valence-electron chi connectivity index (χ3n) is 6.14. The topological polar surface area (TPSA) is 49.4 Å². The number of rotatable bonds is 6. The lowest BCUT2D eigenvalue weighted by atomic mass is 9.94. The highest BCUT2D eigenvalue weighted by molar-refractivity contribution is 6.00. The Kier molecular flexibility index (Phi) is 7.00. The molecular formula is C28H30N2O2. The van der Waals surface area contributed by atoms with Crippen molar-refractivity contribution in [2.24, 2.45) is 0 Å². The SMILES string of the molecule is CC(=O)N(c1ccccc1)C(C(=O)NC1CCCCC1)c1cccc(-c2ccccc2)c1. The van der Waals surface area contributed by atoms with E-state index in [1.165, 1.54) is 13.3 Å². The van der Waals surface area contributed by atoms with Gasteiger partial charge in [-0.1, -0.05) is 86.0 Å². The lowest BCUT2D eigenvalue weighted by Crippen LogP contribution is -2.46. The number of benzene rings is 3. The van der Waals surface area contributed by atoms with Gasteiger partial charge in [-0.25, -0.2) is 0 Å². The molecule has 1 aliphatic rings. The standard InChI is InChI=1S/C28H30N2O2/c1-21(31)30(26-18-9-4-10-19-26)27(28(32)29-25-16-7-3-8-17-25)24-15-11-14-23(20-24)22-12-5-2-6-13-22/h2,4-6,9-15,18-20,25,27H,3,7-8,16-17H2,1H3,(H,29,32). The number of nitrogens with one attached hydrogen (secondary N) is 1. The van der Waals surface area contributed by atoms with Crippen molar-refractivity contribution in [3.8, 4) is 11.1 Å². The van der Waals surface area contributed by atoms with Gasteiger partial charge in [0, 0.05) is 18.7 Å². The molecule has 0 heterocycles. The van der Waals surface area contributed by atoms with Crippen molar-refractivity contribution < 1.29 is 9.59 Å². The van der Waals surface area contributed by atoms with Gasteiger partial charge in [0.1, 0.15) is 6.04 Å². The Labute approximate surface area is 190 Å². The van der Waals surface area contributed by atoms with Crippen LogP contribution in [0.5, 0.6) is 0 Å². The number of carbonyl (C=O) groups excluding carboxylic acids is 2. The fourth-order valence-electron chi connectivity index (χ4n) is 4.56. The summed E-state index contributed by atoms with van der Waals surface area (Å²) in [6.07, 6.45) is 5.47. The average molecular weight is 427 g/mol. The summed E-state index contributed by atoms with van der Waals surface area (Å²) in [6, 6.07) is 26.9. The summed E-state index contributed by atoms with van der Waals surface area (Å²) in [5.74, 6) is -0.286. The fourth-order valence-corrected chi connectivity index (χ4v) is 4.56. The second-order valence-corrected chi connectivity index (χ2v) is 8.46. The molecule has 0 spiro atoms. The van der Waals surface area contributed by atoms with E-state index >= 15 is 0 Å². The van der Waals surface area contributed by atoms with Gasteiger partial charge >= 0.3 is 0 Å². The number of carbonyl (C=O) groups is 2. The number of amides is 2. The van der Waals surface area contributed by atoms with Crippen LogP contribution in [0.3, 0.4) is 0 Å². The molecule has 0 aromatic heterocycles. The Morgan fingerprint density at radius 2 is 1.44 bits per heavy atom. The van der Waals surface area contributed by atoms with E-state index in [1.54, 1.807) is 4.90 Å². The second kappa shape index (κ2) is 10.3. The minimum Gasteiger partial charge on any atom is -0.351 e. The molecule has 4 heteroatoms. The van der Waals surface area contributed by atoms with E-state index in [1.807, 2.05) is 72.8 Å². The first-order chi connectivity index (χ1) is 15.6. The molecule has 0 radical (unpaired) electrons. The third kappa shape index (κ3) is 5.08. The van der Waals surface area contributed by atoms with Crippen LogP contribution in [0.4, 0.5) is 5.69 Å². The zero-order valence-corrected chi connectivity index (χ0v) is 18.5. The van der Waals surface area contributed by atoms with Crippen LogP contribution in [0.2, 0.25) is 0 Å². The summed E-state index contributed by atoms with van der Waals surface area (Å²) >= 11 is 0. The number of anilines is 1. The van der Waals surface area contributed by atoms with Crippen LogP contribution >= 0.6 is 0 Å². The highest BCUT2D eigenvalue weighted by atomic mass is 16.2. The molecule has 164 valence electrons. The fraction of sp³-hybridized carbons (Fsp3) is 0.286. The van der Waals surface area contributed by atoms with Gasteiger partial charge < -0.3 is 5.32 Å². The minimum absolute atomic E-state index is 0.124. The minimum atomic E-state index is -0.736. The zero-order valence-electron chi connectivity index (χ0n) is 18.5. The first-order valence-electron chi connectivity index (χ1n) is 11.4. The van der Waals surface area contributed by atoms with E-state index < -0.39 is 6.04 Å². The van der Waals surface area contributed by atoms with Crippen molar-refractivity contribution in [2.75, 3.05) is 4.90 Å². The number of hydrogen-bond acceptors (Lipinski definition) is 2. The van der Waals surface area contributed by atoms with Gasteiger partial charge in [-0.2, -0.15) is 0 Å². The second-order valence-electron chi connectivity index (χ2n) is 8.46. The molecule has 3 aromatic rings. The summed E-state index contributed by atoms with van der Waals surface area (Å²) in [5, 5.41) is 3.25. The maximum Gasteiger partial charge on any atom is 0.248 e. The van der Waals surface area contributed by atoms with E-state index in [2.05, 4.69) is 17.4 Å². The van der Waals surface area contributed by atoms with Crippen LogP contribution in [0.25, 0.3) is 11.1 Å². The summed E-state index contributed by atoms with van der Waals surface area (Å²) in [5.41, 5.74) is 3.62. The molecule has 1 atom stereocenters. The lowest BCUT2D eigenvalue weighted by Gasteiger charge is -2.33. The lowest BCUT2D eigenvalue weighted by molar-refractivity contribution is -0.126. The Bertz CT molecular complexity index is 1040. The third-order valence-corrected chi connectivity index (χ3v) is 6.14. The van der Waals surface area contributed by atoms with Gasteiger partial charge in [0.05, 0.1) is 0 Å². The van der Waals surface area contributed by atoms with E-state index in [0.29, 0.717) is 5.69 Å². The van der Waals surface area contributed by atoms with Crippen molar-refractivity contribution in [1.29, 1.82) is 0 Å². The Morgan fingerprint density at radius 3 is 2.09 bits per heavy atom. The maximum absolute atomic E-state index is 13.7. The maximum atomic E-state index is 13.7. The van der Waals surface area contributed by atoms with Crippen molar-refractivity contribution in [3.63, 3.8) is 0 Å². The molecule has 1 N–H and O–H groups in total. The smallest absolute Gasteiger partial charge is 0.248 e. The molecule has 1 fully saturated rings. The summed E-state index contributed by atoms with van der Waals surface area (Å²) < 4.78 is 0. The molecule has 32 heavy (non-hydrogen) atoms. The van der Waals surface area contributed by atoms with Crippen molar-refractivity contribution >= 4 is 17.5 Å². The zero-order chi connectivity index (χ0) is 22.3. The monoisotopic (exact) mass is 426 g/mol. The van der Waals surface area contributed by atoms with Gasteiger partial charge in [-0.05, 0) is 47.7 Å². The Balaban J connectivity index is 1.75. The van der Waals surface area contributed by atoms with Crippen LogP contribution in [0, 0.1) is 0 Å². The van der Waals surface area contributed by atoms with Gasteiger partial charge in [-0.3, -0.25) is 14.5 Å². The number of para-hydroxylation sites is 1. The van der Waals surface area contributed by atoms with Crippen LogP contribution in [0.15, 0.2) is 84.9 Å². The molecule has 0 bridgehead atoms. The van der Waals surface area contributed by atoms with E-state index in [4.69, 9.17) is 0 Å². The highest BCUT2D eigenvalue weighted by Gasteiger charge is 2.32. The first kappa shape index (κ1) is 21.8. The van der Waals surface area contributed by atoms with Gasteiger partial charge in [0.25, 0.3) is 0 Å². The van der Waals surface area contributed by atoms with E-state index in [9.17, 15) is 9.59 Å². The molecule has 0 aliphatic heterocycles. The van der Waals surface area contributed by atoms with Crippen molar-refractivity contribution in [3.05, 3.63) is 90.5 Å². The van der Waals surface area contributed by atoms with Crippen LogP contribution in [-0.4, -0.2) is 17.9 Å². The normalized spacial score (nSPS) is 15.0. The molecule has 1 unspecified atom stereocenters. The predicted octanol–water partition coefficient (Wildman–Crippen LogP) is 5.90. The number of hydrogen-bond donors (Lipinski definition) is 1. The molecule has 1 aliphatic carbocycles. The van der Waals surface area contributed by atoms with Crippen LogP contribution < -0.4 is 10.2 Å². The summed E-state index contributed by atoms with van der Waals surface area (Å²) in [7, 11) is 0. The molecule has 2 amide bonds.